The highest BCUT2D eigenvalue weighted by Gasteiger charge is 2.59. The molecule has 0 radical (unpaired) electrons. The number of aryl methyl sites for hydroxylation is 1. The van der Waals surface area contributed by atoms with E-state index in [1.165, 1.54) is 32.4 Å². The van der Waals surface area contributed by atoms with Crippen LogP contribution in [0.5, 0.6) is 5.75 Å². The molecule has 0 unspecified atom stereocenters. The van der Waals surface area contributed by atoms with E-state index in [4.69, 9.17) is 27.8 Å². The van der Waals surface area contributed by atoms with Gasteiger partial charge in [-0.05, 0) is 31.0 Å². The SMILES string of the molecule is COc1cc(Cl)cnc1C(=O)Nc1cc(C)c(F)c([C@](NC(N)=O)(C(F)F)[C@H]2C[C@H]2N)c1. The van der Waals surface area contributed by atoms with Gasteiger partial charge in [0, 0.05) is 35.5 Å². The standard InChI is InChI=1S/C20H21ClF3N5O3/c1-8-3-10(28-17(30)16-14(32-2)4-9(21)7-27-16)5-12(15(8)22)20(18(23)24,29-19(26)31)11-6-13(11)25/h3-5,7,11,13,18H,6,25H2,1-2H3,(H,28,30)(H3,26,29,31)/t11-,13+,20-/m0/s1. The van der Waals surface area contributed by atoms with Gasteiger partial charge in [0.1, 0.15) is 11.4 Å². The molecule has 0 saturated heterocycles. The van der Waals surface area contributed by atoms with Crippen LogP contribution in [-0.4, -0.2) is 36.5 Å². The van der Waals surface area contributed by atoms with Crippen LogP contribution in [0.2, 0.25) is 5.02 Å². The van der Waals surface area contributed by atoms with Gasteiger partial charge < -0.3 is 26.8 Å². The van der Waals surface area contributed by atoms with Crippen molar-refractivity contribution in [2.75, 3.05) is 12.4 Å². The van der Waals surface area contributed by atoms with Crippen LogP contribution in [0.15, 0.2) is 24.4 Å². The molecule has 0 aliphatic heterocycles. The zero-order chi connectivity index (χ0) is 23.8. The number of nitrogens with zero attached hydrogens (tertiary/aromatic N) is 1. The smallest absolute Gasteiger partial charge is 0.313 e. The van der Waals surface area contributed by atoms with Crippen LogP contribution < -0.4 is 26.8 Å². The van der Waals surface area contributed by atoms with Gasteiger partial charge in [0.05, 0.1) is 12.1 Å². The van der Waals surface area contributed by atoms with Gasteiger partial charge in [-0.15, -0.1) is 0 Å². The number of pyridine rings is 1. The van der Waals surface area contributed by atoms with Crippen molar-refractivity contribution in [1.82, 2.24) is 10.3 Å². The van der Waals surface area contributed by atoms with Gasteiger partial charge >= 0.3 is 6.03 Å². The van der Waals surface area contributed by atoms with Crippen molar-refractivity contribution in [2.24, 2.45) is 17.4 Å². The summed E-state index contributed by atoms with van der Waals surface area (Å²) in [4.78, 5) is 28.2. The Morgan fingerprint density at radius 1 is 1.34 bits per heavy atom. The average molecular weight is 472 g/mol. The van der Waals surface area contributed by atoms with Crippen LogP contribution in [0.1, 0.15) is 28.0 Å². The molecule has 2 aromatic rings. The molecule has 1 aliphatic carbocycles. The van der Waals surface area contributed by atoms with Gasteiger partial charge in [0.2, 0.25) is 0 Å². The highest BCUT2D eigenvalue weighted by Crippen LogP contribution is 2.50. The van der Waals surface area contributed by atoms with Crippen molar-refractivity contribution in [2.45, 2.75) is 31.4 Å². The minimum Gasteiger partial charge on any atom is -0.494 e. The number of nitrogens with two attached hydrogens (primary N) is 2. The lowest BCUT2D eigenvalue weighted by Crippen LogP contribution is -2.56. The summed E-state index contributed by atoms with van der Waals surface area (Å²) in [5.74, 6) is -2.59. The van der Waals surface area contributed by atoms with Crippen molar-refractivity contribution < 1.29 is 27.5 Å². The summed E-state index contributed by atoms with van der Waals surface area (Å²) in [5, 5.41) is 4.73. The molecule has 1 saturated carbocycles. The number of methoxy groups -OCH3 is 1. The number of urea groups is 1. The molecule has 1 aromatic heterocycles. The number of carbonyl (C=O) groups is 2. The Bertz CT molecular complexity index is 1070. The van der Waals surface area contributed by atoms with E-state index in [-0.39, 0.29) is 34.1 Å². The number of amides is 3. The van der Waals surface area contributed by atoms with Crippen molar-refractivity contribution in [3.05, 3.63) is 52.1 Å². The van der Waals surface area contributed by atoms with Crippen LogP contribution in [0.3, 0.4) is 0 Å². The number of halogens is 4. The maximum atomic E-state index is 15.1. The minimum atomic E-state index is -3.23. The zero-order valence-electron chi connectivity index (χ0n) is 17.1. The molecule has 12 heteroatoms. The number of anilines is 1. The van der Waals surface area contributed by atoms with E-state index in [1.807, 2.05) is 5.32 Å². The van der Waals surface area contributed by atoms with Crippen molar-refractivity contribution >= 4 is 29.2 Å². The molecule has 32 heavy (non-hydrogen) atoms. The van der Waals surface area contributed by atoms with Gasteiger partial charge in [-0.2, -0.15) is 0 Å². The van der Waals surface area contributed by atoms with Gasteiger partial charge in [-0.1, -0.05) is 11.6 Å². The zero-order valence-corrected chi connectivity index (χ0v) is 17.8. The molecular weight excluding hydrogens is 451 g/mol. The number of hydrogen-bond donors (Lipinski definition) is 4. The lowest BCUT2D eigenvalue weighted by Gasteiger charge is -2.35. The van der Waals surface area contributed by atoms with E-state index in [0.29, 0.717) is 0 Å². The fourth-order valence-corrected chi connectivity index (χ4v) is 3.86. The summed E-state index contributed by atoms with van der Waals surface area (Å²) in [6, 6.07) is 1.71. The van der Waals surface area contributed by atoms with Gasteiger partial charge in [-0.3, -0.25) is 4.79 Å². The molecule has 1 aliphatic rings. The molecule has 0 spiro atoms. The first-order valence-electron chi connectivity index (χ1n) is 9.44. The van der Waals surface area contributed by atoms with Gasteiger partial charge in [-0.25, -0.2) is 22.9 Å². The Morgan fingerprint density at radius 2 is 2.00 bits per heavy atom. The molecule has 8 nitrogen and oxygen atoms in total. The summed E-state index contributed by atoms with van der Waals surface area (Å²) in [7, 11) is 1.32. The number of rotatable bonds is 7. The lowest BCUT2D eigenvalue weighted by atomic mass is 9.83. The average Bonchev–Trinajstić information content (AvgIpc) is 3.45. The second-order valence-electron chi connectivity index (χ2n) is 7.48. The molecule has 1 fully saturated rings. The molecule has 1 aromatic carbocycles. The lowest BCUT2D eigenvalue weighted by molar-refractivity contribution is 0.0170. The molecule has 1 heterocycles. The van der Waals surface area contributed by atoms with Crippen LogP contribution in [-0.2, 0) is 5.54 Å². The number of nitrogens with one attached hydrogen (secondary N) is 2. The number of benzene rings is 1. The van der Waals surface area contributed by atoms with Gasteiger partial charge in [0.25, 0.3) is 12.3 Å². The Kier molecular flexibility index (Phi) is 6.51. The fourth-order valence-electron chi connectivity index (χ4n) is 3.72. The Morgan fingerprint density at radius 3 is 2.53 bits per heavy atom. The maximum absolute atomic E-state index is 15.1. The molecule has 3 amide bonds. The molecule has 3 rings (SSSR count). The highest BCUT2D eigenvalue weighted by molar-refractivity contribution is 6.30. The monoisotopic (exact) mass is 471 g/mol. The highest BCUT2D eigenvalue weighted by atomic mass is 35.5. The summed E-state index contributed by atoms with van der Waals surface area (Å²) >= 11 is 5.85. The van der Waals surface area contributed by atoms with Crippen molar-refractivity contribution in [3.63, 3.8) is 0 Å². The fraction of sp³-hybridized carbons (Fsp3) is 0.350. The van der Waals surface area contributed by atoms with E-state index >= 15 is 4.39 Å². The van der Waals surface area contributed by atoms with Crippen LogP contribution in [0, 0.1) is 18.7 Å². The number of alkyl halides is 2. The third-order valence-electron chi connectivity index (χ3n) is 5.31. The summed E-state index contributed by atoms with van der Waals surface area (Å²) in [6.45, 7) is 1.34. The summed E-state index contributed by atoms with van der Waals surface area (Å²) in [6.07, 6.45) is -1.87. The van der Waals surface area contributed by atoms with Crippen LogP contribution >= 0.6 is 11.6 Å². The van der Waals surface area contributed by atoms with E-state index in [9.17, 15) is 18.4 Å². The molecule has 0 bridgehead atoms. The van der Waals surface area contributed by atoms with E-state index in [1.54, 1.807) is 0 Å². The topological polar surface area (TPSA) is 132 Å². The third kappa shape index (κ3) is 4.30. The number of primary amides is 1. The summed E-state index contributed by atoms with van der Waals surface area (Å²) in [5.41, 5.74) is 7.76. The second-order valence-corrected chi connectivity index (χ2v) is 7.91. The van der Waals surface area contributed by atoms with Gasteiger partial charge in [0.15, 0.2) is 11.4 Å². The first kappa shape index (κ1) is 23.6. The largest absolute Gasteiger partial charge is 0.494 e. The minimum absolute atomic E-state index is 0.00628. The predicted molar refractivity (Wildman–Crippen MR) is 111 cm³/mol. The first-order chi connectivity index (χ1) is 15.0. The number of hydrogen-bond acceptors (Lipinski definition) is 5. The Hall–Kier alpha value is -3.05. The van der Waals surface area contributed by atoms with Crippen molar-refractivity contribution in [1.29, 1.82) is 0 Å². The number of aromatic nitrogens is 1. The van der Waals surface area contributed by atoms with Crippen LogP contribution in [0.25, 0.3) is 0 Å². The number of ether oxygens (including phenoxy) is 1. The molecule has 3 atom stereocenters. The second kappa shape index (κ2) is 8.83. The molecular formula is C20H21ClF3N5O3. The number of carbonyl (C=O) groups excluding carboxylic acids is 2. The normalized spacial score (nSPS) is 19.2. The quantitative estimate of drug-likeness (QED) is 0.493. The summed E-state index contributed by atoms with van der Waals surface area (Å²) < 4.78 is 48.9. The predicted octanol–water partition coefficient (Wildman–Crippen LogP) is 2.92. The third-order valence-corrected chi connectivity index (χ3v) is 5.52. The van der Waals surface area contributed by atoms with Crippen LogP contribution in [0.4, 0.5) is 23.7 Å². The van der Waals surface area contributed by atoms with E-state index in [0.717, 1.165) is 6.07 Å². The van der Waals surface area contributed by atoms with Crippen molar-refractivity contribution in [3.8, 4) is 5.75 Å². The van der Waals surface area contributed by atoms with E-state index in [2.05, 4.69) is 10.3 Å². The Balaban J connectivity index is 2.07. The van der Waals surface area contributed by atoms with E-state index < -0.39 is 47.2 Å². The molecule has 172 valence electrons. The molecule has 6 N–H and O–H groups in total. The first-order valence-corrected chi connectivity index (χ1v) is 9.81. The maximum Gasteiger partial charge on any atom is 0.313 e. The Labute approximate surface area is 186 Å².